The Kier molecular flexibility index (Phi) is 3.46. The lowest BCUT2D eigenvalue weighted by Gasteiger charge is -2.37. The Hall–Kier alpha value is -1.38. The quantitative estimate of drug-likeness (QED) is 0.800. The Morgan fingerprint density at radius 1 is 1.24 bits per heavy atom. The van der Waals surface area contributed by atoms with Crippen molar-refractivity contribution in [2.45, 2.75) is 20.3 Å². The minimum absolute atomic E-state index is 0.726. The van der Waals surface area contributed by atoms with Gasteiger partial charge in [0.1, 0.15) is 5.75 Å². The van der Waals surface area contributed by atoms with E-state index in [-0.39, 0.29) is 0 Å². The van der Waals surface area contributed by atoms with Crippen LogP contribution in [0.2, 0.25) is 0 Å². The van der Waals surface area contributed by atoms with Gasteiger partial charge in [-0.1, -0.05) is 13.8 Å². The third-order valence-electron chi connectivity index (χ3n) is 3.45. The molecule has 2 unspecified atom stereocenters. The smallest absolute Gasteiger partial charge is 0.121 e. The highest BCUT2D eigenvalue weighted by Crippen LogP contribution is 2.32. The zero-order valence-corrected chi connectivity index (χ0v) is 10.9. The predicted molar refractivity (Wildman–Crippen MR) is 72.6 cm³/mol. The molecule has 1 aromatic carbocycles. The molecular formula is C14H22N2O. The first kappa shape index (κ1) is 12.1. The molecule has 0 spiro atoms. The molecule has 0 saturated carbocycles. The van der Waals surface area contributed by atoms with Crippen LogP contribution in [0.15, 0.2) is 18.2 Å². The number of piperidine rings is 1. The highest BCUT2D eigenvalue weighted by molar-refractivity contribution is 5.69. The molecule has 1 aliphatic heterocycles. The van der Waals surface area contributed by atoms with Crippen LogP contribution in [0, 0.1) is 11.8 Å². The first-order valence-electron chi connectivity index (χ1n) is 6.28. The SMILES string of the molecule is COc1ccc(N)c(N2CC(C)CC(C)C2)c1. The van der Waals surface area contributed by atoms with Crippen LogP contribution in [0.1, 0.15) is 20.3 Å². The summed E-state index contributed by atoms with van der Waals surface area (Å²) in [7, 11) is 1.69. The number of nitrogen functional groups attached to an aromatic ring is 1. The second-order valence-electron chi connectivity index (χ2n) is 5.28. The number of rotatable bonds is 2. The topological polar surface area (TPSA) is 38.5 Å². The van der Waals surface area contributed by atoms with E-state index >= 15 is 0 Å². The first-order chi connectivity index (χ1) is 8.10. The van der Waals surface area contributed by atoms with E-state index in [1.165, 1.54) is 6.42 Å². The number of nitrogens with zero attached hydrogens (tertiary/aromatic N) is 1. The molecular weight excluding hydrogens is 212 g/mol. The molecule has 1 saturated heterocycles. The van der Waals surface area contributed by atoms with Gasteiger partial charge in [-0.25, -0.2) is 0 Å². The molecule has 1 aliphatic rings. The number of anilines is 2. The standard InChI is InChI=1S/C14H22N2O/c1-10-6-11(2)9-16(8-10)14-7-12(17-3)4-5-13(14)15/h4-5,7,10-11H,6,8-9,15H2,1-3H3. The number of nitrogens with two attached hydrogens (primary N) is 1. The van der Waals surface area contributed by atoms with E-state index in [2.05, 4.69) is 18.7 Å². The summed E-state index contributed by atoms with van der Waals surface area (Å²) in [6.45, 7) is 6.78. The normalized spacial score (nSPS) is 24.8. The summed E-state index contributed by atoms with van der Waals surface area (Å²) in [6.07, 6.45) is 1.31. The summed E-state index contributed by atoms with van der Waals surface area (Å²) in [6, 6.07) is 5.88. The van der Waals surface area contributed by atoms with Crippen LogP contribution in [-0.4, -0.2) is 20.2 Å². The van der Waals surface area contributed by atoms with Gasteiger partial charge < -0.3 is 15.4 Å². The van der Waals surface area contributed by atoms with Crippen molar-refractivity contribution in [1.82, 2.24) is 0 Å². The van der Waals surface area contributed by atoms with Gasteiger partial charge in [-0.3, -0.25) is 0 Å². The molecule has 0 aromatic heterocycles. The van der Waals surface area contributed by atoms with Crippen LogP contribution in [0.3, 0.4) is 0 Å². The van der Waals surface area contributed by atoms with Gasteiger partial charge in [-0.15, -0.1) is 0 Å². The Labute approximate surface area is 104 Å². The van der Waals surface area contributed by atoms with Crippen LogP contribution < -0.4 is 15.4 Å². The molecule has 0 bridgehead atoms. The predicted octanol–water partition coefficient (Wildman–Crippen LogP) is 2.76. The van der Waals surface area contributed by atoms with Crippen molar-refractivity contribution in [1.29, 1.82) is 0 Å². The Balaban J connectivity index is 2.26. The average Bonchev–Trinajstić information content (AvgIpc) is 2.28. The zero-order chi connectivity index (χ0) is 12.4. The largest absolute Gasteiger partial charge is 0.497 e. The number of benzene rings is 1. The molecule has 1 fully saturated rings. The summed E-state index contributed by atoms with van der Waals surface area (Å²) < 4.78 is 5.27. The van der Waals surface area contributed by atoms with E-state index in [0.29, 0.717) is 0 Å². The number of methoxy groups -OCH3 is 1. The van der Waals surface area contributed by atoms with E-state index in [0.717, 1.165) is 42.0 Å². The van der Waals surface area contributed by atoms with Crippen LogP contribution in [-0.2, 0) is 0 Å². The van der Waals surface area contributed by atoms with E-state index in [4.69, 9.17) is 10.5 Å². The third kappa shape index (κ3) is 2.65. The Morgan fingerprint density at radius 3 is 2.47 bits per heavy atom. The minimum atomic E-state index is 0.726. The Morgan fingerprint density at radius 2 is 1.88 bits per heavy atom. The second kappa shape index (κ2) is 4.86. The third-order valence-corrected chi connectivity index (χ3v) is 3.45. The van der Waals surface area contributed by atoms with Gasteiger partial charge in [0.05, 0.1) is 18.5 Å². The van der Waals surface area contributed by atoms with Crippen molar-refractivity contribution < 1.29 is 4.74 Å². The van der Waals surface area contributed by atoms with Gasteiger partial charge in [0.25, 0.3) is 0 Å². The fraction of sp³-hybridized carbons (Fsp3) is 0.571. The van der Waals surface area contributed by atoms with Crippen molar-refractivity contribution in [2.75, 3.05) is 30.8 Å². The van der Waals surface area contributed by atoms with Crippen molar-refractivity contribution >= 4 is 11.4 Å². The monoisotopic (exact) mass is 234 g/mol. The summed E-state index contributed by atoms with van der Waals surface area (Å²) >= 11 is 0. The van der Waals surface area contributed by atoms with Gasteiger partial charge in [0, 0.05) is 19.2 Å². The van der Waals surface area contributed by atoms with Gasteiger partial charge in [-0.2, -0.15) is 0 Å². The maximum absolute atomic E-state index is 6.07. The van der Waals surface area contributed by atoms with E-state index in [1.54, 1.807) is 7.11 Å². The molecule has 94 valence electrons. The van der Waals surface area contributed by atoms with Crippen LogP contribution in [0.5, 0.6) is 5.75 Å². The maximum Gasteiger partial charge on any atom is 0.121 e. The lowest BCUT2D eigenvalue weighted by Crippen LogP contribution is -2.39. The van der Waals surface area contributed by atoms with Crippen molar-refractivity contribution in [3.05, 3.63) is 18.2 Å². The molecule has 1 heterocycles. The lowest BCUT2D eigenvalue weighted by atomic mass is 9.91. The highest BCUT2D eigenvalue weighted by atomic mass is 16.5. The molecule has 1 aromatic rings. The summed E-state index contributed by atoms with van der Waals surface area (Å²) in [5, 5.41) is 0. The number of hydrogen-bond acceptors (Lipinski definition) is 3. The van der Waals surface area contributed by atoms with Gasteiger partial charge in [-0.05, 0) is 30.4 Å². The maximum atomic E-state index is 6.07. The minimum Gasteiger partial charge on any atom is -0.497 e. The van der Waals surface area contributed by atoms with E-state index < -0.39 is 0 Å². The molecule has 17 heavy (non-hydrogen) atoms. The molecule has 0 amide bonds. The molecule has 2 rings (SSSR count). The van der Waals surface area contributed by atoms with Crippen LogP contribution in [0.25, 0.3) is 0 Å². The van der Waals surface area contributed by atoms with Crippen LogP contribution >= 0.6 is 0 Å². The summed E-state index contributed by atoms with van der Waals surface area (Å²) in [4.78, 5) is 2.39. The van der Waals surface area contributed by atoms with Gasteiger partial charge in [0.15, 0.2) is 0 Å². The second-order valence-corrected chi connectivity index (χ2v) is 5.28. The highest BCUT2D eigenvalue weighted by Gasteiger charge is 2.23. The summed E-state index contributed by atoms with van der Waals surface area (Å²) in [5.74, 6) is 2.33. The van der Waals surface area contributed by atoms with Crippen molar-refractivity contribution in [3.8, 4) is 5.75 Å². The van der Waals surface area contributed by atoms with Gasteiger partial charge in [0.2, 0.25) is 0 Å². The fourth-order valence-corrected chi connectivity index (χ4v) is 2.78. The average molecular weight is 234 g/mol. The molecule has 2 atom stereocenters. The van der Waals surface area contributed by atoms with E-state index in [9.17, 15) is 0 Å². The molecule has 3 heteroatoms. The molecule has 0 radical (unpaired) electrons. The fourth-order valence-electron chi connectivity index (χ4n) is 2.78. The lowest BCUT2D eigenvalue weighted by molar-refractivity contribution is 0.356. The Bertz CT molecular complexity index is 382. The molecule has 0 aliphatic carbocycles. The van der Waals surface area contributed by atoms with Gasteiger partial charge >= 0.3 is 0 Å². The molecule has 3 nitrogen and oxygen atoms in total. The van der Waals surface area contributed by atoms with Crippen molar-refractivity contribution in [2.24, 2.45) is 11.8 Å². The number of hydrogen-bond donors (Lipinski definition) is 1. The molecule has 2 N–H and O–H groups in total. The first-order valence-corrected chi connectivity index (χ1v) is 6.28. The number of ether oxygens (including phenoxy) is 1. The summed E-state index contributed by atoms with van der Waals surface area (Å²) in [5.41, 5.74) is 8.02. The zero-order valence-electron chi connectivity index (χ0n) is 10.9. The van der Waals surface area contributed by atoms with E-state index in [1.807, 2.05) is 18.2 Å². The van der Waals surface area contributed by atoms with Crippen molar-refractivity contribution in [3.63, 3.8) is 0 Å². The van der Waals surface area contributed by atoms with Crippen LogP contribution in [0.4, 0.5) is 11.4 Å².